The average molecular weight is 140 g/mol. The molecule has 0 rings (SSSR count). The van der Waals surface area contributed by atoms with E-state index in [4.69, 9.17) is 0 Å². The molecule has 0 saturated carbocycles. The van der Waals surface area contributed by atoms with Crippen LogP contribution in [0.3, 0.4) is 0 Å². The van der Waals surface area contributed by atoms with Crippen LogP contribution in [0.25, 0.3) is 0 Å². The Morgan fingerprint density at radius 1 is 1.20 bits per heavy atom. The molecular formula is C8H16N2. The fourth-order valence-corrected chi connectivity index (χ4v) is 0.664. The van der Waals surface area contributed by atoms with Crippen LogP contribution in [-0.4, -0.2) is 18.6 Å². The molecule has 2 nitrogen and oxygen atoms in total. The first-order valence-corrected chi connectivity index (χ1v) is 3.96. The summed E-state index contributed by atoms with van der Waals surface area (Å²) in [5.74, 6) is 0. The third kappa shape index (κ3) is 4.28. The molecule has 0 aromatic rings. The second kappa shape index (κ2) is 6.50. The summed E-state index contributed by atoms with van der Waals surface area (Å²) < 4.78 is 0. The molecule has 2 heteroatoms. The van der Waals surface area contributed by atoms with Crippen molar-refractivity contribution >= 4 is 6.01 Å². The van der Waals surface area contributed by atoms with Gasteiger partial charge in [-0.15, -0.1) is 0 Å². The van der Waals surface area contributed by atoms with Crippen LogP contribution < -0.4 is 0 Å². The van der Waals surface area contributed by atoms with Gasteiger partial charge in [-0.1, -0.05) is 13.8 Å². The molecule has 0 aliphatic heterocycles. The maximum Gasteiger partial charge on any atom is 0.0895 e. The number of aliphatic imine (C=N–C) groups is 2. The molecule has 10 heavy (non-hydrogen) atoms. The highest BCUT2D eigenvalue weighted by atomic mass is 14.8. The number of nitrogens with zero attached hydrogens (tertiary/aromatic N) is 2. The lowest BCUT2D eigenvalue weighted by Gasteiger charge is -2.00. The van der Waals surface area contributed by atoms with Crippen LogP contribution in [0.1, 0.15) is 33.6 Å². The van der Waals surface area contributed by atoms with Crippen LogP contribution >= 0.6 is 0 Å². The summed E-state index contributed by atoms with van der Waals surface area (Å²) in [6, 6.07) is 3.11. The molecule has 0 aromatic carbocycles. The quantitative estimate of drug-likeness (QED) is 0.535. The highest BCUT2D eigenvalue weighted by molar-refractivity contribution is 5.41. The first kappa shape index (κ1) is 9.38. The molecule has 0 amide bonds. The van der Waals surface area contributed by atoms with E-state index in [0.29, 0.717) is 6.04 Å². The van der Waals surface area contributed by atoms with E-state index in [2.05, 4.69) is 29.8 Å². The summed E-state index contributed by atoms with van der Waals surface area (Å²) >= 11 is 0. The van der Waals surface area contributed by atoms with Gasteiger partial charge in [0, 0.05) is 6.54 Å². The summed E-state index contributed by atoms with van der Waals surface area (Å²) in [5.41, 5.74) is 0. The maximum atomic E-state index is 4.13. The van der Waals surface area contributed by atoms with Crippen molar-refractivity contribution in [3.8, 4) is 0 Å². The molecule has 0 saturated heterocycles. The predicted octanol–water partition coefficient (Wildman–Crippen LogP) is 2.37. The van der Waals surface area contributed by atoms with Gasteiger partial charge in [0.25, 0.3) is 0 Å². The van der Waals surface area contributed by atoms with Gasteiger partial charge < -0.3 is 0 Å². The summed E-state index contributed by atoms with van der Waals surface area (Å²) in [6.07, 6.45) is 2.17. The zero-order valence-corrected chi connectivity index (χ0v) is 7.09. The third-order valence-corrected chi connectivity index (χ3v) is 1.41. The fraction of sp³-hybridized carbons (Fsp3) is 0.875. The Balaban J connectivity index is 3.71. The van der Waals surface area contributed by atoms with Crippen LogP contribution in [0.5, 0.6) is 0 Å². The zero-order valence-electron chi connectivity index (χ0n) is 7.09. The molecule has 58 valence electrons. The summed E-state index contributed by atoms with van der Waals surface area (Å²) in [7, 11) is 0. The van der Waals surface area contributed by atoms with Crippen molar-refractivity contribution in [3.05, 3.63) is 0 Å². The molecule has 0 spiro atoms. The SMILES string of the molecule is CCN=C=NC(CC)CC. The largest absolute Gasteiger partial charge is 0.226 e. The van der Waals surface area contributed by atoms with E-state index in [-0.39, 0.29) is 0 Å². The van der Waals surface area contributed by atoms with Crippen molar-refractivity contribution in [1.29, 1.82) is 0 Å². The minimum Gasteiger partial charge on any atom is -0.226 e. The third-order valence-electron chi connectivity index (χ3n) is 1.41. The molecule has 0 N–H and O–H groups in total. The van der Waals surface area contributed by atoms with Gasteiger partial charge >= 0.3 is 0 Å². The fourth-order valence-electron chi connectivity index (χ4n) is 0.664. The first-order chi connectivity index (χ1) is 4.85. The molecule has 0 heterocycles. The minimum atomic E-state index is 0.426. The predicted molar refractivity (Wildman–Crippen MR) is 44.8 cm³/mol. The van der Waals surface area contributed by atoms with Crippen molar-refractivity contribution in [1.82, 2.24) is 0 Å². The van der Waals surface area contributed by atoms with Crippen LogP contribution in [0.2, 0.25) is 0 Å². The van der Waals surface area contributed by atoms with E-state index in [1.807, 2.05) is 6.92 Å². The Labute approximate surface area is 63.1 Å². The molecule has 0 aliphatic carbocycles. The van der Waals surface area contributed by atoms with E-state index in [1.165, 1.54) is 0 Å². The molecule has 0 fully saturated rings. The van der Waals surface area contributed by atoms with Crippen molar-refractivity contribution in [2.24, 2.45) is 9.98 Å². The van der Waals surface area contributed by atoms with E-state index < -0.39 is 0 Å². The molecule has 0 bridgehead atoms. The normalized spacial score (nSPS) is 9.20. The molecule has 0 aromatic heterocycles. The lowest BCUT2D eigenvalue weighted by molar-refractivity contribution is 0.634. The van der Waals surface area contributed by atoms with Crippen LogP contribution in [0.15, 0.2) is 9.98 Å². The lowest BCUT2D eigenvalue weighted by atomic mass is 10.2. The van der Waals surface area contributed by atoms with Crippen molar-refractivity contribution < 1.29 is 0 Å². The van der Waals surface area contributed by atoms with Crippen molar-refractivity contribution in [2.45, 2.75) is 39.7 Å². The van der Waals surface area contributed by atoms with Crippen molar-refractivity contribution in [2.75, 3.05) is 6.54 Å². The highest BCUT2D eigenvalue weighted by Gasteiger charge is 1.95. The second-order valence-electron chi connectivity index (χ2n) is 2.17. The molecule has 0 unspecified atom stereocenters. The summed E-state index contributed by atoms with van der Waals surface area (Å²) in [5, 5.41) is 0. The van der Waals surface area contributed by atoms with Gasteiger partial charge in [-0.2, -0.15) is 0 Å². The van der Waals surface area contributed by atoms with Gasteiger partial charge in [0.2, 0.25) is 0 Å². The second-order valence-corrected chi connectivity index (χ2v) is 2.17. The van der Waals surface area contributed by atoms with Gasteiger partial charge in [0.15, 0.2) is 0 Å². The Morgan fingerprint density at radius 3 is 2.20 bits per heavy atom. The summed E-state index contributed by atoms with van der Waals surface area (Å²) in [4.78, 5) is 8.02. The zero-order chi connectivity index (χ0) is 7.82. The standard InChI is InChI=1S/C8H16N2/c1-4-8(5-2)10-7-9-6-3/h8H,4-6H2,1-3H3. The van der Waals surface area contributed by atoms with Crippen LogP contribution in [0.4, 0.5) is 0 Å². The van der Waals surface area contributed by atoms with Gasteiger partial charge in [0.05, 0.1) is 12.1 Å². The van der Waals surface area contributed by atoms with Crippen LogP contribution in [-0.2, 0) is 0 Å². The van der Waals surface area contributed by atoms with E-state index in [0.717, 1.165) is 19.4 Å². The van der Waals surface area contributed by atoms with E-state index >= 15 is 0 Å². The van der Waals surface area contributed by atoms with Gasteiger partial charge in [0.1, 0.15) is 0 Å². The number of hydrogen-bond donors (Lipinski definition) is 0. The van der Waals surface area contributed by atoms with E-state index in [9.17, 15) is 0 Å². The Bertz CT molecular complexity index is 119. The Morgan fingerprint density at radius 2 is 1.80 bits per heavy atom. The average Bonchev–Trinajstić information content (AvgIpc) is 1.99. The maximum absolute atomic E-state index is 4.13. The Kier molecular flexibility index (Phi) is 6.10. The smallest absolute Gasteiger partial charge is 0.0895 e. The van der Waals surface area contributed by atoms with Crippen molar-refractivity contribution in [3.63, 3.8) is 0 Å². The molecule has 0 aliphatic rings. The molecule has 0 radical (unpaired) electrons. The molecule has 0 atom stereocenters. The first-order valence-electron chi connectivity index (χ1n) is 3.96. The number of rotatable bonds is 4. The minimum absolute atomic E-state index is 0.426. The van der Waals surface area contributed by atoms with Gasteiger partial charge in [-0.25, -0.2) is 9.98 Å². The van der Waals surface area contributed by atoms with E-state index in [1.54, 1.807) is 0 Å². The highest BCUT2D eigenvalue weighted by Crippen LogP contribution is 1.99. The van der Waals surface area contributed by atoms with Gasteiger partial charge in [-0.3, -0.25) is 0 Å². The van der Waals surface area contributed by atoms with Gasteiger partial charge in [-0.05, 0) is 19.8 Å². The topological polar surface area (TPSA) is 24.7 Å². The monoisotopic (exact) mass is 140 g/mol. The summed E-state index contributed by atoms with van der Waals surface area (Å²) in [6.45, 7) is 7.02. The number of hydrogen-bond acceptors (Lipinski definition) is 2. The Hall–Kier alpha value is -0.620. The lowest BCUT2D eigenvalue weighted by Crippen LogP contribution is -1.98. The molecular weight excluding hydrogens is 124 g/mol. The van der Waals surface area contributed by atoms with Crippen LogP contribution in [0, 0.1) is 0 Å².